The largest absolute Gasteiger partial charge is 0.385 e. The second-order valence-electron chi connectivity index (χ2n) is 10.1. The summed E-state index contributed by atoms with van der Waals surface area (Å²) in [5, 5.41) is 17.7. The number of para-hydroxylation sites is 2. The van der Waals surface area contributed by atoms with Gasteiger partial charge in [-0.15, -0.1) is 0 Å². The molecule has 4 rings (SSSR count). The summed E-state index contributed by atoms with van der Waals surface area (Å²) in [6, 6.07) is 13.3. The van der Waals surface area contributed by atoms with E-state index in [-0.39, 0.29) is 29.3 Å². The average molecular weight is 493 g/mol. The number of amides is 1. The summed E-state index contributed by atoms with van der Waals surface area (Å²) in [6.07, 6.45) is 1.74. The molecule has 1 atom stereocenters. The number of nitrogens with one attached hydrogen (secondary N) is 2. The maximum absolute atomic E-state index is 13.6. The maximum Gasteiger partial charge on any atom is 0.269 e. The van der Waals surface area contributed by atoms with Crippen LogP contribution in [0.15, 0.2) is 59.8 Å². The normalized spacial score (nSPS) is 18.6. The van der Waals surface area contributed by atoms with E-state index in [2.05, 4.69) is 24.5 Å². The fourth-order valence-electron chi connectivity index (χ4n) is 5.01. The van der Waals surface area contributed by atoms with E-state index in [9.17, 15) is 19.7 Å². The minimum atomic E-state index is -0.578. The smallest absolute Gasteiger partial charge is 0.269 e. The first-order valence-corrected chi connectivity index (χ1v) is 12.1. The molecular formula is C27H32N4O5. The van der Waals surface area contributed by atoms with E-state index in [4.69, 9.17) is 4.74 Å². The molecular weight excluding hydrogens is 460 g/mol. The number of methoxy groups -OCH3 is 1. The van der Waals surface area contributed by atoms with Crippen molar-refractivity contribution in [2.24, 2.45) is 5.41 Å². The second kappa shape index (κ2) is 10.5. The number of ketones is 1. The summed E-state index contributed by atoms with van der Waals surface area (Å²) in [5.74, 6) is -0.170. The van der Waals surface area contributed by atoms with Crippen LogP contribution in [0.4, 0.5) is 17.1 Å². The van der Waals surface area contributed by atoms with Gasteiger partial charge in [0.1, 0.15) is 0 Å². The number of hydrogen-bond donors (Lipinski definition) is 2. The van der Waals surface area contributed by atoms with Gasteiger partial charge in [0.25, 0.3) is 5.69 Å². The van der Waals surface area contributed by atoms with Crippen molar-refractivity contribution in [1.29, 1.82) is 0 Å². The summed E-state index contributed by atoms with van der Waals surface area (Å²) in [4.78, 5) is 39.4. The summed E-state index contributed by atoms with van der Waals surface area (Å²) in [7, 11) is 1.62. The molecule has 9 heteroatoms. The predicted octanol–water partition coefficient (Wildman–Crippen LogP) is 4.36. The Kier molecular flexibility index (Phi) is 7.40. The molecule has 0 fully saturated rings. The van der Waals surface area contributed by atoms with Crippen molar-refractivity contribution in [2.45, 2.75) is 39.2 Å². The number of hydrogen-bond acceptors (Lipinski definition) is 7. The minimum absolute atomic E-state index is 0.00964. The fourth-order valence-corrected chi connectivity index (χ4v) is 5.01. The van der Waals surface area contributed by atoms with E-state index in [1.165, 1.54) is 12.1 Å². The van der Waals surface area contributed by atoms with E-state index >= 15 is 0 Å². The molecule has 190 valence electrons. The first kappa shape index (κ1) is 25.4. The fraction of sp³-hybridized carbons (Fsp3) is 0.407. The highest BCUT2D eigenvalue weighted by molar-refractivity contribution is 6.01. The molecule has 2 aromatic rings. The third kappa shape index (κ3) is 5.41. The van der Waals surface area contributed by atoms with Crippen molar-refractivity contribution in [1.82, 2.24) is 5.32 Å². The molecule has 1 aliphatic heterocycles. The summed E-state index contributed by atoms with van der Waals surface area (Å²) in [5.41, 5.74) is 3.50. The van der Waals surface area contributed by atoms with Crippen LogP contribution in [0.1, 0.15) is 44.7 Å². The number of allylic oxidation sites excluding steroid dienone is 1. The lowest BCUT2D eigenvalue weighted by Crippen LogP contribution is -2.42. The van der Waals surface area contributed by atoms with Gasteiger partial charge >= 0.3 is 0 Å². The van der Waals surface area contributed by atoms with Crippen LogP contribution < -0.4 is 15.5 Å². The number of Topliss-reactive ketones (excluding diaryl/α,β-unsaturated/α-hetero) is 1. The molecule has 0 saturated heterocycles. The van der Waals surface area contributed by atoms with E-state index < -0.39 is 11.0 Å². The molecule has 9 nitrogen and oxygen atoms in total. The number of nitro benzene ring substituents is 1. The van der Waals surface area contributed by atoms with Crippen molar-refractivity contribution in [3.05, 3.63) is 75.5 Å². The number of nitrogens with zero attached hydrogens (tertiary/aromatic N) is 2. The minimum Gasteiger partial charge on any atom is -0.385 e. The lowest BCUT2D eigenvalue weighted by atomic mass is 9.73. The quantitative estimate of drug-likeness (QED) is 0.320. The Morgan fingerprint density at radius 1 is 1.19 bits per heavy atom. The third-order valence-corrected chi connectivity index (χ3v) is 6.59. The third-order valence-electron chi connectivity index (χ3n) is 6.59. The van der Waals surface area contributed by atoms with Gasteiger partial charge in [0.15, 0.2) is 5.78 Å². The highest BCUT2D eigenvalue weighted by Crippen LogP contribution is 2.48. The molecule has 1 unspecified atom stereocenters. The molecule has 1 amide bonds. The van der Waals surface area contributed by atoms with E-state index in [0.717, 1.165) is 17.1 Å². The summed E-state index contributed by atoms with van der Waals surface area (Å²) in [6.45, 7) is 5.17. The van der Waals surface area contributed by atoms with Crippen molar-refractivity contribution in [3.63, 3.8) is 0 Å². The average Bonchev–Trinajstić information content (AvgIpc) is 2.95. The Morgan fingerprint density at radius 2 is 1.92 bits per heavy atom. The van der Waals surface area contributed by atoms with E-state index in [1.54, 1.807) is 19.2 Å². The monoisotopic (exact) mass is 492 g/mol. The number of nitro groups is 1. The van der Waals surface area contributed by atoms with E-state index in [0.29, 0.717) is 43.6 Å². The SMILES string of the molecule is COCCCNC(=O)CN1c2ccccc2NC2=C(C(=O)CC(C)(C)C2)C1c1ccc([N+](=O)[O-])cc1. The molecule has 0 aromatic heterocycles. The van der Waals surface area contributed by atoms with Gasteiger partial charge in [-0.05, 0) is 48.1 Å². The first-order chi connectivity index (χ1) is 17.2. The lowest BCUT2D eigenvalue weighted by molar-refractivity contribution is -0.384. The van der Waals surface area contributed by atoms with Crippen LogP contribution in [-0.2, 0) is 14.3 Å². The van der Waals surface area contributed by atoms with Gasteiger partial charge in [-0.3, -0.25) is 19.7 Å². The molecule has 2 N–H and O–H groups in total. The number of anilines is 2. The Bertz CT molecular complexity index is 1190. The predicted molar refractivity (Wildman–Crippen MR) is 138 cm³/mol. The Labute approximate surface area is 210 Å². The number of fused-ring (bicyclic) bond motifs is 1. The zero-order valence-corrected chi connectivity index (χ0v) is 20.9. The molecule has 1 aliphatic carbocycles. The second-order valence-corrected chi connectivity index (χ2v) is 10.1. The number of carbonyl (C=O) groups is 2. The Morgan fingerprint density at radius 3 is 2.61 bits per heavy atom. The number of rotatable bonds is 8. The molecule has 36 heavy (non-hydrogen) atoms. The highest BCUT2D eigenvalue weighted by Gasteiger charge is 2.41. The van der Waals surface area contributed by atoms with Crippen LogP contribution in [0.2, 0.25) is 0 Å². The van der Waals surface area contributed by atoms with E-state index in [1.807, 2.05) is 29.2 Å². The zero-order valence-electron chi connectivity index (χ0n) is 20.9. The molecule has 0 spiro atoms. The number of carbonyl (C=O) groups excluding carboxylic acids is 2. The maximum atomic E-state index is 13.6. The molecule has 0 saturated carbocycles. The van der Waals surface area contributed by atoms with Crippen LogP contribution in [0.5, 0.6) is 0 Å². The molecule has 2 aromatic carbocycles. The van der Waals surface area contributed by atoms with Crippen LogP contribution >= 0.6 is 0 Å². The van der Waals surface area contributed by atoms with Gasteiger partial charge in [0.2, 0.25) is 5.91 Å². The Hall–Kier alpha value is -3.72. The topological polar surface area (TPSA) is 114 Å². The van der Waals surface area contributed by atoms with Crippen molar-refractivity contribution < 1.29 is 19.2 Å². The number of ether oxygens (including phenoxy) is 1. The number of non-ortho nitro benzene ring substituents is 1. The first-order valence-electron chi connectivity index (χ1n) is 12.1. The zero-order chi connectivity index (χ0) is 25.9. The van der Waals surface area contributed by atoms with Gasteiger partial charge in [0, 0.05) is 50.1 Å². The molecule has 0 bridgehead atoms. The van der Waals surface area contributed by atoms with Crippen molar-refractivity contribution in [2.75, 3.05) is 37.0 Å². The van der Waals surface area contributed by atoms with Gasteiger partial charge in [-0.25, -0.2) is 0 Å². The van der Waals surface area contributed by atoms with Gasteiger partial charge in [0.05, 0.1) is 28.9 Å². The van der Waals surface area contributed by atoms with Crippen molar-refractivity contribution in [3.8, 4) is 0 Å². The summed E-state index contributed by atoms with van der Waals surface area (Å²) < 4.78 is 5.06. The van der Waals surface area contributed by atoms with Crippen LogP contribution in [0, 0.1) is 15.5 Å². The summed E-state index contributed by atoms with van der Waals surface area (Å²) >= 11 is 0. The number of benzene rings is 2. The van der Waals surface area contributed by atoms with Gasteiger partial charge in [-0.2, -0.15) is 0 Å². The molecule has 2 aliphatic rings. The van der Waals surface area contributed by atoms with Crippen LogP contribution in [0.25, 0.3) is 0 Å². The standard InChI is InChI=1S/C27H32N4O5/c1-27(2)15-21-25(23(32)16-27)26(18-9-11-19(12-10-18)31(34)35)30(17-24(33)28-13-6-14-36-3)22-8-5-4-7-20(22)29-21/h4-5,7-12,26,29H,6,13-17H2,1-3H3,(H,28,33). The van der Waals surface area contributed by atoms with Crippen LogP contribution in [-0.4, -0.2) is 43.4 Å². The van der Waals surface area contributed by atoms with Gasteiger partial charge in [-0.1, -0.05) is 26.0 Å². The Balaban J connectivity index is 1.82. The molecule has 1 heterocycles. The molecule has 0 radical (unpaired) electrons. The lowest BCUT2D eigenvalue weighted by Gasteiger charge is -2.37. The van der Waals surface area contributed by atoms with Crippen LogP contribution in [0.3, 0.4) is 0 Å². The van der Waals surface area contributed by atoms with Gasteiger partial charge < -0.3 is 20.3 Å². The van der Waals surface area contributed by atoms with Crippen molar-refractivity contribution >= 4 is 28.8 Å². The highest BCUT2D eigenvalue weighted by atomic mass is 16.6.